The summed E-state index contributed by atoms with van der Waals surface area (Å²) < 4.78 is 0. The largest absolute Gasteiger partial charge is 0.344 e. The summed E-state index contributed by atoms with van der Waals surface area (Å²) in [7, 11) is 1.77. The quantitative estimate of drug-likeness (QED) is 0.799. The van der Waals surface area contributed by atoms with Crippen LogP contribution in [0.15, 0.2) is 30.3 Å². The predicted octanol–water partition coefficient (Wildman–Crippen LogP) is 2.80. The number of hydrogen-bond donors (Lipinski definition) is 0. The van der Waals surface area contributed by atoms with Crippen molar-refractivity contribution in [2.45, 2.75) is 26.2 Å². The highest BCUT2D eigenvalue weighted by Gasteiger charge is 2.23. The lowest BCUT2D eigenvalue weighted by atomic mass is 9.98. The average Bonchev–Trinajstić information content (AvgIpc) is 2.40. The second kappa shape index (κ2) is 6.80. The van der Waals surface area contributed by atoms with Crippen LogP contribution in [-0.4, -0.2) is 24.4 Å². The molecule has 1 aromatic rings. The summed E-state index contributed by atoms with van der Waals surface area (Å²) in [5.74, 6) is -0.363. The smallest absolute Gasteiger partial charge is 0.244 e. The van der Waals surface area contributed by atoms with Crippen LogP contribution >= 0.6 is 0 Å². The number of likely N-dealkylation sites (N-methyl/N-ethyl adjacent to an activating group) is 1. The summed E-state index contributed by atoms with van der Waals surface area (Å²) in [5, 5.41) is 9.19. The van der Waals surface area contributed by atoms with Gasteiger partial charge in [-0.25, -0.2) is 0 Å². The first-order valence-corrected chi connectivity index (χ1v) is 6.29. The lowest BCUT2D eigenvalue weighted by Gasteiger charge is -2.23. The van der Waals surface area contributed by atoms with Gasteiger partial charge in [0.25, 0.3) is 0 Å². The van der Waals surface area contributed by atoms with Crippen molar-refractivity contribution in [2.75, 3.05) is 13.6 Å². The van der Waals surface area contributed by atoms with Crippen molar-refractivity contribution in [2.24, 2.45) is 5.92 Å². The third-order valence-electron chi connectivity index (χ3n) is 3.17. The number of carbonyl (C=O) groups is 1. The zero-order valence-corrected chi connectivity index (χ0v) is 11.3. The number of nitrogens with zero attached hydrogens (tertiary/aromatic N) is 2. The monoisotopic (exact) mass is 244 g/mol. The number of benzene rings is 1. The van der Waals surface area contributed by atoms with Crippen LogP contribution in [0, 0.1) is 17.2 Å². The van der Waals surface area contributed by atoms with Crippen molar-refractivity contribution < 1.29 is 4.79 Å². The van der Waals surface area contributed by atoms with E-state index < -0.39 is 5.92 Å². The van der Waals surface area contributed by atoms with Crippen LogP contribution in [-0.2, 0) is 4.79 Å². The van der Waals surface area contributed by atoms with Gasteiger partial charge in [-0.05, 0) is 11.5 Å². The van der Waals surface area contributed by atoms with E-state index in [0.29, 0.717) is 12.5 Å². The van der Waals surface area contributed by atoms with Gasteiger partial charge in [0.2, 0.25) is 5.91 Å². The van der Waals surface area contributed by atoms with Gasteiger partial charge in [0.15, 0.2) is 0 Å². The normalized spacial score (nSPS) is 13.4. The maximum absolute atomic E-state index is 12.2. The summed E-state index contributed by atoms with van der Waals surface area (Å²) in [4.78, 5) is 13.9. The van der Waals surface area contributed by atoms with E-state index in [0.717, 1.165) is 12.0 Å². The topological polar surface area (TPSA) is 44.1 Å². The molecule has 0 N–H and O–H groups in total. The second-order valence-electron chi connectivity index (χ2n) is 4.70. The van der Waals surface area contributed by atoms with Crippen LogP contribution in [0.25, 0.3) is 0 Å². The molecule has 0 heterocycles. The number of amides is 1. The minimum Gasteiger partial charge on any atom is -0.344 e. The molecule has 0 radical (unpaired) electrons. The summed E-state index contributed by atoms with van der Waals surface area (Å²) >= 11 is 0. The third-order valence-corrected chi connectivity index (χ3v) is 3.17. The van der Waals surface area contributed by atoms with E-state index >= 15 is 0 Å². The molecule has 0 fully saturated rings. The molecule has 1 rings (SSSR count). The van der Waals surface area contributed by atoms with Crippen LogP contribution in [0.3, 0.4) is 0 Å². The highest BCUT2D eigenvalue weighted by atomic mass is 16.2. The van der Waals surface area contributed by atoms with Gasteiger partial charge in [0.05, 0.1) is 6.07 Å². The molecule has 0 aromatic heterocycles. The fourth-order valence-electron chi connectivity index (χ4n) is 1.82. The Labute approximate surface area is 109 Å². The second-order valence-corrected chi connectivity index (χ2v) is 4.70. The molecule has 0 bridgehead atoms. The van der Waals surface area contributed by atoms with E-state index in [9.17, 15) is 10.1 Å². The zero-order valence-electron chi connectivity index (χ0n) is 11.3. The first-order chi connectivity index (χ1) is 8.60. The molecular formula is C15H20N2O. The molecule has 18 heavy (non-hydrogen) atoms. The molecule has 1 aromatic carbocycles. The van der Waals surface area contributed by atoms with Gasteiger partial charge in [0, 0.05) is 13.6 Å². The zero-order chi connectivity index (χ0) is 13.5. The van der Waals surface area contributed by atoms with E-state index in [1.807, 2.05) is 30.3 Å². The molecule has 0 spiro atoms. The molecule has 3 nitrogen and oxygen atoms in total. The molecule has 0 saturated carbocycles. The van der Waals surface area contributed by atoms with Gasteiger partial charge >= 0.3 is 0 Å². The van der Waals surface area contributed by atoms with Gasteiger partial charge in [-0.15, -0.1) is 0 Å². The Balaban J connectivity index is 2.78. The highest BCUT2D eigenvalue weighted by Crippen LogP contribution is 2.17. The van der Waals surface area contributed by atoms with Gasteiger partial charge in [-0.2, -0.15) is 5.26 Å². The number of nitriles is 1. The maximum atomic E-state index is 12.2. The molecule has 0 aliphatic carbocycles. The van der Waals surface area contributed by atoms with Crippen LogP contribution < -0.4 is 0 Å². The van der Waals surface area contributed by atoms with Crippen molar-refractivity contribution in [3.05, 3.63) is 35.9 Å². The molecule has 2 unspecified atom stereocenters. The van der Waals surface area contributed by atoms with Crippen molar-refractivity contribution >= 4 is 5.91 Å². The average molecular weight is 244 g/mol. The van der Waals surface area contributed by atoms with Crippen LogP contribution in [0.4, 0.5) is 0 Å². The van der Waals surface area contributed by atoms with Crippen molar-refractivity contribution in [1.82, 2.24) is 4.90 Å². The third kappa shape index (κ3) is 3.59. The van der Waals surface area contributed by atoms with Crippen molar-refractivity contribution in [3.63, 3.8) is 0 Å². The van der Waals surface area contributed by atoms with Gasteiger partial charge in [0.1, 0.15) is 5.92 Å². The fraction of sp³-hybridized carbons (Fsp3) is 0.467. The Morgan fingerprint density at radius 3 is 2.50 bits per heavy atom. The number of hydrogen-bond acceptors (Lipinski definition) is 2. The first kappa shape index (κ1) is 14.2. The summed E-state index contributed by atoms with van der Waals surface area (Å²) in [6.07, 6.45) is 1.03. The molecule has 2 atom stereocenters. The molecule has 0 aliphatic rings. The summed E-state index contributed by atoms with van der Waals surface area (Å²) in [6, 6.07) is 11.3. The van der Waals surface area contributed by atoms with Crippen molar-refractivity contribution in [3.8, 4) is 6.07 Å². The Hall–Kier alpha value is -1.82. The van der Waals surface area contributed by atoms with E-state index in [2.05, 4.69) is 19.9 Å². The molecule has 1 amide bonds. The van der Waals surface area contributed by atoms with E-state index in [4.69, 9.17) is 0 Å². The summed E-state index contributed by atoms with van der Waals surface area (Å²) in [6.45, 7) is 4.90. The predicted molar refractivity (Wildman–Crippen MR) is 71.9 cm³/mol. The number of rotatable bonds is 5. The van der Waals surface area contributed by atoms with Crippen molar-refractivity contribution in [1.29, 1.82) is 5.26 Å². The molecular weight excluding hydrogens is 224 g/mol. The Morgan fingerprint density at radius 1 is 1.39 bits per heavy atom. The Bertz CT molecular complexity index is 422. The van der Waals surface area contributed by atoms with E-state index in [1.54, 1.807) is 11.9 Å². The van der Waals surface area contributed by atoms with E-state index in [1.165, 1.54) is 0 Å². The van der Waals surface area contributed by atoms with Gasteiger partial charge < -0.3 is 4.90 Å². The SMILES string of the molecule is CCC(C)CN(C)C(=O)C(C#N)c1ccccc1. The summed E-state index contributed by atoms with van der Waals surface area (Å²) in [5.41, 5.74) is 0.765. The molecule has 96 valence electrons. The van der Waals surface area contributed by atoms with Crippen LogP contribution in [0.5, 0.6) is 0 Å². The first-order valence-electron chi connectivity index (χ1n) is 6.29. The van der Waals surface area contributed by atoms with Gasteiger partial charge in [-0.3, -0.25) is 4.79 Å². The lowest BCUT2D eigenvalue weighted by Crippen LogP contribution is -2.34. The van der Waals surface area contributed by atoms with E-state index in [-0.39, 0.29) is 5.91 Å². The highest BCUT2D eigenvalue weighted by molar-refractivity contribution is 5.86. The Morgan fingerprint density at radius 2 is 2.00 bits per heavy atom. The molecule has 0 aliphatic heterocycles. The maximum Gasteiger partial charge on any atom is 0.244 e. The fourth-order valence-corrected chi connectivity index (χ4v) is 1.82. The van der Waals surface area contributed by atoms with Crippen LogP contribution in [0.1, 0.15) is 31.7 Å². The minimum atomic E-state index is -0.694. The van der Waals surface area contributed by atoms with Gasteiger partial charge in [-0.1, -0.05) is 50.6 Å². The lowest BCUT2D eigenvalue weighted by molar-refractivity contribution is -0.130. The minimum absolute atomic E-state index is 0.121. The molecule has 0 saturated heterocycles. The standard InChI is InChI=1S/C15H20N2O/c1-4-12(2)11-17(3)15(18)14(10-16)13-8-6-5-7-9-13/h5-9,12,14H,4,11H2,1-3H3. The van der Waals surface area contributed by atoms with Crippen LogP contribution in [0.2, 0.25) is 0 Å². The number of carbonyl (C=O) groups excluding carboxylic acids is 1. The molecule has 3 heteroatoms. The Kier molecular flexibility index (Phi) is 5.38.